The lowest BCUT2D eigenvalue weighted by molar-refractivity contribution is -0.118. The van der Waals surface area contributed by atoms with Crippen LogP contribution < -0.4 is 10.1 Å². The van der Waals surface area contributed by atoms with Crippen LogP contribution in [0.1, 0.15) is 25.5 Å². The van der Waals surface area contributed by atoms with Gasteiger partial charge in [0.15, 0.2) is 11.7 Å². The lowest BCUT2D eigenvalue weighted by atomic mass is 10.2. The Morgan fingerprint density at radius 2 is 2.29 bits per heavy atom. The van der Waals surface area contributed by atoms with Crippen LogP contribution in [0.5, 0.6) is 5.75 Å². The molecule has 0 unspecified atom stereocenters. The molecule has 0 saturated heterocycles. The normalized spacial score (nSPS) is 10.7. The van der Waals surface area contributed by atoms with Crippen LogP contribution in [-0.2, 0) is 4.79 Å². The molecule has 112 valence electrons. The number of nitrogens with one attached hydrogen (secondary N) is 1. The molecule has 7 heteroatoms. The second-order valence-corrected chi connectivity index (χ2v) is 5.91. The molecule has 0 atom stereocenters. The zero-order chi connectivity index (χ0) is 15.4. The second-order valence-electron chi connectivity index (χ2n) is 4.64. The minimum Gasteiger partial charge on any atom is -0.482 e. The maximum atomic E-state index is 12.9. The van der Waals surface area contributed by atoms with Crippen LogP contribution in [0.2, 0.25) is 5.02 Å². The first kappa shape index (κ1) is 15.7. The van der Waals surface area contributed by atoms with Crippen molar-refractivity contribution in [2.75, 3.05) is 11.9 Å². The van der Waals surface area contributed by atoms with Gasteiger partial charge >= 0.3 is 0 Å². The van der Waals surface area contributed by atoms with Crippen molar-refractivity contribution in [3.63, 3.8) is 0 Å². The molecule has 1 aromatic carbocycles. The van der Waals surface area contributed by atoms with E-state index < -0.39 is 5.82 Å². The van der Waals surface area contributed by atoms with E-state index in [-0.39, 0.29) is 23.3 Å². The average Bonchev–Trinajstić information content (AvgIpc) is 2.86. The monoisotopic (exact) mass is 328 g/mol. The van der Waals surface area contributed by atoms with Crippen LogP contribution in [0, 0.1) is 5.82 Å². The predicted molar refractivity (Wildman–Crippen MR) is 81.7 cm³/mol. The fraction of sp³-hybridized carbons (Fsp3) is 0.286. The molecule has 0 spiro atoms. The summed E-state index contributed by atoms with van der Waals surface area (Å²) in [7, 11) is 0. The van der Waals surface area contributed by atoms with E-state index >= 15 is 0 Å². The van der Waals surface area contributed by atoms with Crippen molar-refractivity contribution >= 4 is 34.0 Å². The van der Waals surface area contributed by atoms with Crippen molar-refractivity contribution in [2.45, 2.75) is 19.8 Å². The standard InChI is InChI=1S/C14H14ClFN2O2S/c1-8(2)11-7-21-14(17-11)18-13(19)6-20-12-4-3-9(16)5-10(12)15/h3-5,7-8H,6H2,1-2H3,(H,17,18,19). The number of thiazole rings is 1. The highest BCUT2D eigenvalue weighted by molar-refractivity contribution is 7.13. The fourth-order valence-corrected chi connectivity index (χ4v) is 2.61. The third-order valence-corrected chi connectivity index (χ3v) is 3.68. The van der Waals surface area contributed by atoms with Gasteiger partial charge in [-0.3, -0.25) is 10.1 Å². The van der Waals surface area contributed by atoms with Gasteiger partial charge in [0.25, 0.3) is 5.91 Å². The molecule has 1 N–H and O–H groups in total. The number of aromatic nitrogens is 1. The third kappa shape index (κ3) is 4.41. The smallest absolute Gasteiger partial charge is 0.264 e. The Hall–Kier alpha value is -1.66. The molecular weight excluding hydrogens is 315 g/mol. The van der Waals surface area contributed by atoms with E-state index in [9.17, 15) is 9.18 Å². The maximum Gasteiger partial charge on any atom is 0.264 e. The molecule has 4 nitrogen and oxygen atoms in total. The van der Waals surface area contributed by atoms with Crippen molar-refractivity contribution in [2.24, 2.45) is 0 Å². The number of hydrogen-bond acceptors (Lipinski definition) is 4. The number of hydrogen-bond donors (Lipinski definition) is 1. The van der Waals surface area contributed by atoms with Crippen molar-refractivity contribution in [1.29, 1.82) is 0 Å². The minimum absolute atomic E-state index is 0.124. The zero-order valence-corrected chi connectivity index (χ0v) is 13.1. The largest absolute Gasteiger partial charge is 0.482 e. The lowest BCUT2D eigenvalue weighted by Crippen LogP contribution is -2.20. The van der Waals surface area contributed by atoms with Gasteiger partial charge in [-0.25, -0.2) is 9.37 Å². The van der Waals surface area contributed by atoms with Crippen LogP contribution in [0.4, 0.5) is 9.52 Å². The highest BCUT2D eigenvalue weighted by Gasteiger charge is 2.10. The Morgan fingerprint density at radius 3 is 2.90 bits per heavy atom. The van der Waals surface area contributed by atoms with Gasteiger partial charge in [-0.1, -0.05) is 25.4 Å². The zero-order valence-electron chi connectivity index (χ0n) is 11.5. The summed E-state index contributed by atoms with van der Waals surface area (Å²) in [5, 5.41) is 5.20. The summed E-state index contributed by atoms with van der Waals surface area (Å²) in [6.07, 6.45) is 0. The Morgan fingerprint density at radius 1 is 1.52 bits per heavy atom. The fourth-order valence-electron chi connectivity index (χ4n) is 1.50. The molecule has 1 heterocycles. The summed E-state index contributed by atoms with van der Waals surface area (Å²) in [4.78, 5) is 16.0. The van der Waals surface area contributed by atoms with Gasteiger partial charge in [0.2, 0.25) is 0 Å². The highest BCUT2D eigenvalue weighted by atomic mass is 35.5. The number of carbonyl (C=O) groups excluding carboxylic acids is 1. The highest BCUT2D eigenvalue weighted by Crippen LogP contribution is 2.25. The van der Waals surface area contributed by atoms with E-state index in [1.54, 1.807) is 0 Å². The summed E-state index contributed by atoms with van der Waals surface area (Å²) in [6.45, 7) is 3.84. The number of halogens is 2. The number of carbonyl (C=O) groups is 1. The molecule has 2 aromatic rings. The summed E-state index contributed by atoms with van der Waals surface area (Å²) in [5.74, 6) is -0.239. The van der Waals surface area contributed by atoms with Gasteiger partial charge in [-0.15, -0.1) is 11.3 Å². The molecule has 0 aliphatic rings. The molecule has 0 fully saturated rings. The molecule has 21 heavy (non-hydrogen) atoms. The van der Waals surface area contributed by atoms with Gasteiger partial charge in [0.1, 0.15) is 11.6 Å². The molecule has 1 aromatic heterocycles. The number of ether oxygens (including phenoxy) is 1. The van der Waals surface area contributed by atoms with E-state index in [0.29, 0.717) is 11.0 Å². The van der Waals surface area contributed by atoms with Gasteiger partial charge in [0, 0.05) is 5.38 Å². The summed E-state index contributed by atoms with van der Waals surface area (Å²) < 4.78 is 18.1. The van der Waals surface area contributed by atoms with Crippen molar-refractivity contribution in [3.05, 3.63) is 40.1 Å². The van der Waals surface area contributed by atoms with E-state index in [0.717, 1.165) is 11.8 Å². The molecule has 0 aliphatic carbocycles. The van der Waals surface area contributed by atoms with Gasteiger partial charge < -0.3 is 4.74 Å². The van der Waals surface area contributed by atoms with Gasteiger partial charge in [-0.2, -0.15) is 0 Å². The maximum absolute atomic E-state index is 12.9. The summed E-state index contributed by atoms with van der Waals surface area (Å²) in [5.41, 5.74) is 0.929. The van der Waals surface area contributed by atoms with E-state index in [1.165, 1.54) is 23.5 Å². The molecule has 1 amide bonds. The quantitative estimate of drug-likeness (QED) is 0.899. The van der Waals surface area contributed by atoms with E-state index in [4.69, 9.17) is 16.3 Å². The predicted octanol–water partition coefficient (Wildman–Crippen LogP) is 4.08. The van der Waals surface area contributed by atoms with Crippen molar-refractivity contribution < 1.29 is 13.9 Å². The van der Waals surface area contributed by atoms with Gasteiger partial charge in [-0.05, 0) is 24.1 Å². The van der Waals surface area contributed by atoms with Gasteiger partial charge in [0.05, 0.1) is 10.7 Å². The van der Waals surface area contributed by atoms with Crippen molar-refractivity contribution in [3.8, 4) is 5.75 Å². The lowest BCUT2D eigenvalue weighted by Gasteiger charge is -2.07. The Labute approximate surface area is 130 Å². The third-order valence-electron chi connectivity index (χ3n) is 2.61. The Kier molecular flexibility index (Phi) is 5.14. The topological polar surface area (TPSA) is 51.2 Å². The molecule has 0 bridgehead atoms. The van der Waals surface area contributed by atoms with Crippen molar-refractivity contribution in [1.82, 2.24) is 4.98 Å². The van der Waals surface area contributed by atoms with E-state index in [2.05, 4.69) is 10.3 Å². The second kappa shape index (κ2) is 6.87. The Bertz CT molecular complexity index is 646. The summed E-state index contributed by atoms with van der Waals surface area (Å²) >= 11 is 7.16. The average molecular weight is 329 g/mol. The molecule has 0 radical (unpaired) electrons. The number of amides is 1. The Balaban J connectivity index is 1.89. The first-order valence-electron chi connectivity index (χ1n) is 6.29. The molecule has 0 aliphatic heterocycles. The van der Waals surface area contributed by atoms with Crippen LogP contribution in [-0.4, -0.2) is 17.5 Å². The molecule has 2 rings (SSSR count). The van der Waals surface area contributed by atoms with E-state index in [1.807, 2.05) is 19.2 Å². The minimum atomic E-state index is -0.458. The van der Waals surface area contributed by atoms with Crippen LogP contribution in [0.25, 0.3) is 0 Å². The molecular formula is C14H14ClFN2O2S. The summed E-state index contributed by atoms with van der Waals surface area (Å²) in [6, 6.07) is 3.73. The molecule has 0 saturated carbocycles. The van der Waals surface area contributed by atoms with Crippen LogP contribution >= 0.6 is 22.9 Å². The first-order chi connectivity index (χ1) is 9.95. The first-order valence-corrected chi connectivity index (χ1v) is 7.54. The number of anilines is 1. The van der Waals surface area contributed by atoms with Crippen LogP contribution in [0.15, 0.2) is 23.6 Å². The number of nitrogens with zero attached hydrogens (tertiary/aromatic N) is 1. The van der Waals surface area contributed by atoms with Crippen LogP contribution in [0.3, 0.4) is 0 Å². The number of benzene rings is 1. The SMILES string of the molecule is CC(C)c1csc(NC(=O)COc2ccc(F)cc2Cl)n1. The number of rotatable bonds is 5.